The minimum atomic E-state index is -1.12. The number of likely N-dealkylation sites (tertiary alicyclic amines) is 1. The third kappa shape index (κ3) is 4.23. The van der Waals surface area contributed by atoms with Gasteiger partial charge >= 0.3 is 0 Å². The van der Waals surface area contributed by atoms with Gasteiger partial charge in [-0.15, -0.1) is 13.2 Å². The lowest BCUT2D eigenvalue weighted by Gasteiger charge is -2.43. The van der Waals surface area contributed by atoms with Gasteiger partial charge in [0.05, 0.1) is 30.1 Å². The quantitative estimate of drug-likeness (QED) is 0.440. The number of carbonyl (C=O) groups is 3. The Morgan fingerprint density at radius 1 is 1.16 bits per heavy atom. The number of carbonyl (C=O) groups excluding carboxylic acids is 3. The highest BCUT2D eigenvalue weighted by Crippen LogP contribution is 2.66. The molecule has 2 bridgehead atoms. The monoisotopic (exact) mass is 529 g/mol. The highest BCUT2D eigenvalue weighted by Gasteiger charge is 2.80. The van der Waals surface area contributed by atoms with Crippen molar-refractivity contribution in [1.82, 2.24) is 14.7 Å². The first-order valence-electron chi connectivity index (χ1n) is 14.4. The molecule has 212 valence electrons. The molecule has 0 aromatic heterocycles. The largest absolute Gasteiger partial charge is 0.394 e. The Kier molecular flexibility index (Phi) is 8.16. The van der Waals surface area contributed by atoms with Gasteiger partial charge in [-0.05, 0) is 38.0 Å². The summed E-state index contributed by atoms with van der Waals surface area (Å²) in [5.41, 5.74) is -1.98. The molecule has 1 saturated carbocycles. The van der Waals surface area contributed by atoms with Gasteiger partial charge in [-0.2, -0.15) is 0 Å². The minimum absolute atomic E-state index is 0.0259. The average molecular weight is 530 g/mol. The van der Waals surface area contributed by atoms with Crippen molar-refractivity contribution in [2.75, 3.05) is 26.7 Å². The van der Waals surface area contributed by atoms with E-state index < -0.39 is 35.1 Å². The van der Waals surface area contributed by atoms with Crippen LogP contribution in [0.15, 0.2) is 25.3 Å². The van der Waals surface area contributed by atoms with Gasteiger partial charge in [0.15, 0.2) is 0 Å². The van der Waals surface area contributed by atoms with E-state index >= 15 is 0 Å². The lowest BCUT2D eigenvalue weighted by atomic mass is 9.62. The zero-order chi connectivity index (χ0) is 28.0. The zero-order valence-corrected chi connectivity index (χ0v) is 23.9. The molecule has 1 N–H and O–H groups in total. The molecule has 8 nitrogen and oxygen atoms in total. The van der Waals surface area contributed by atoms with Crippen molar-refractivity contribution in [2.45, 2.75) is 95.5 Å². The summed E-state index contributed by atoms with van der Waals surface area (Å²) in [6, 6.07) is -1.37. The maximum atomic E-state index is 14.7. The van der Waals surface area contributed by atoms with Crippen LogP contribution in [0.4, 0.5) is 0 Å². The molecule has 3 amide bonds. The summed E-state index contributed by atoms with van der Waals surface area (Å²) in [6.07, 6.45) is 9.08. The van der Waals surface area contributed by atoms with E-state index in [-0.39, 0.29) is 42.2 Å². The number of rotatable bonds is 10. The van der Waals surface area contributed by atoms with E-state index in [1.54, 1.807) is 29.0 Å². The number of aliphatic hydroxyl groups excluding tert-OH is 1. The predicted octanol–water partition coefficient (Wildman–Crippen LogP) is 3.01. The SMILES string of the molecule is C=CCN(C)C(=O)[C@@H]1[C@H]2C(=O)N([C@@H](CO)C(C)C)C(C(=O)N(CC=C)C3CCCCC3)C23CC(C)[C@@]1(C)O3. The van der Waals surface area contributed by atoms with Crippen LogP contribution in [0.2, 0.25) is 0 Å². The fraction of sp³-hybridized carbons (Fsp3) is 0.767. The van der Waals surface area contributed by atoms with E-state index in [2.05, 4.69) is 20.1 Å². The highest BCUT2D eigenvalue weighted by molar-refractivity contribution is 5.99. The maximum Gasteiger partial charge on any atom is 0.248 e. The van der Waals surface area contributed by atoms with Crippen LogP contribution in [0.5, 0.6) is 0 Å². The minimum Gasteiger partial charge on any atom is -0.394 e. The molecule has 3 heterocycles. The Morgan fingerprint density at radius 3 is 2.34 bits per heavy atom. The molecule has 4 aliphatic rings. The van der Waals surface area contributed by atoms with Crippen molar-refractivity contribution in [1.29, 1.82) is 0 Å². The molecule has 4 fully saturated rings. The van der Waals surface area contributed by atoms with Gasteiger partial charge in [-0.3, -0.25) is 14.4 Å². The second-order valence-corrected chi connectivity index (χ2v) is 12.5. The third-order valence-corrected chi connectivity index (χ3v) is 9.97. The molecule has 1 spiro atoms. The molecule has 0 radical (unpaired) electrons. The van der Waals surface area contributed by atoms with Gasteiger partial charge in [0.1, 0.15) is 11.6 Å². The first-order chi connectivity index (χ1) is 18.0. The number of nitrogens with zero attached hydrogens (tertiary/aromatic N) is 3. The molecule has 4 rings (SSSR count). The normalized spacial score (nSPS) is 35.3. The number of hydrogen-bond acceptors (Lipinski definition) is 5. The van der Waals surface area contributed by atoms with Crippen LogP contribution in [0, 0.1) is 23.7 Å². The van der Waals surface area contributed by atoms with Gasteiger partial charge in [0.2, 0.25) is 17.7 Å². The van der Waals surface area contributed by atoms with E-state index in [9.17, 15) is 19.5 Å². The summed E-state index contributed by atoms with van der Waals surface area (Å²) in [5, 5.41) is 10.5. The molecular weight excluding hydrogens is 482 g/mol. The van der Waals surface area contributed by atoms with E-state index in [1.165, 1.54) is 0 Å². The first kappa shape index (κ1) is 28.8. The molecule has 3 unspecified atom stereocenters. The number of hydrogen-bond donors (Lipinski definition) is 1. The summed E-state index contributed by atoms with van der Waals surface area (Å²) in [5.74, 6) is -2.15. The molecule has 3 aliphatic heterocycles. The van der Waals surface area contributed by atoms with Crippen LogP contribution in [0.1, 0.15) is 66.2 Å². The molecule has 0 aromatic carbocycles. The number of likely N-dealkylation sites (N-methyl/N-ethyl adjacent to an activating group) is 1. The third-order valence-electron chi connectivity index (χ3n) is 9.97. The van der Waals surface area contributed by atoms with Gasteiger partial charge in [0.25, 0.3) is 0 Å². The number of aliphatic hydroxyl groups is 1. The molecule has 0 aromatic rings. The second kappa shape index (κ2) is 10.8. The molecule has 7 atom stereocenters. The summed E-state index contributed by atoms with van der Waals surface area (Å²) in [7, 11) is 1.72. The van der Waals surface area contributed by atoms with E-state index in [1.807, 2.05) is 25.7 Å². The predicted molar refractivity (Wildman–Crippen MR) is 146 cm³/mol. The summed E-state index contributed by atoms with van der Waals surface area (Å²) >= 11 is 0. The van der Waals surface area contributed by atoms with Crippen molar-refractivity contribution in [3.05, 3.63) is 25.3 Å². The molecule has 8 heteroatoms. The van der Waals surface area contributed by atoms with Crippen molar-refractivity contribution in [3.63, 3.8) is 0 Å². The van der Waals surface area contributed by atoms with Gasteiger partial charge in [-0.25, -0.2) is 0 Å². The summed E-state index contributed by atoms with van der Waals surface area (Å²) in [4.78, 5) is 48.1. The van der Waals surface area contributed by atoms with Crippen LogP contribution in [-0.4, -0.2) is 93.6 Å². The van der Waals surface area contributed by atoms with Crippen molar-refractivity contribution in [3.8, 4) is 0 Å². The lowest BCUT2D eigenvalue weighted by molar-refractivity contribution is -0.159. The van der Waals surface area contributed by atoms with E-state index in [0.717, 1.165) is 32.1 Å². The number of fused-ring (bicyclic) bond motifs is 1. The fourth-order valence-electron chi connectivity index (χ4n) is 7.94. The first-order valence-corrected chi connectivity index (χ1v) is 14.4. The molecule has 3 saturated heterocycles. The lowest BCUT2D eigenvalue weighted by Crippen LogP contribution is -2.61. The standard InChI is InChI=1S/C30H47N3O5/c1-8-15-31(7)26(35)23-24-27(36)33(22(18-34)19(3)4)25(30(24)17-20(5)29(23,6)38-30)28(37)32(16-9-2)21-13-11-10-12-14-21/h8-9,19-25,34H,1-2,10-18H2,3-7H3/t20?,22-,23-,24-,25?,29+,30?/m0/s1. The van der Waals surface area contributed by atoms with Gasteiger partial charge in [-0.1, -0.05) is 52.2 Å². The molecular formula is C30H47N3O5. The summed E-state index contributed by atoms with van der Waals surface area (Å²) < 4.78 is 6.88. The Balaban J connectivity index is 1.85. The van der Waals surface area contributed by atoms with Crippen molar-refractivity contribution >= 4 is 17.7 Å². The van der Waals surface area contributed by atoms with Crippen molar-refractivity contribution < 1.29 is 24.2 Å². The van der Waals surface area contributed by atoms with Gasteiger partial charge in [0, 0.05) is 26.2 Å². The fourth-order valence-corrected chi connectivity index (χ4v) is 7.94. The van der Waals surface area contributed by atoms with E-state index in [0.29, 0.717) is 19.5 Å². The Bertz CT molecular complexity index is 962. The number of amides is 3. The number of ether oxygens (including phenoxy) is 1. The van der Waals surface area contributed by atoms with Crippen LogP contribution in [-0.2, 0) is 19.1 Å². The van der Waals surface area contributed by atoms with Gasteiger partial charge < -0.3 is 24.5 Å². The van der Waals surface area contributed by atoms with Crippen LogP contribution in [0.3, 0.4) is 0 Å². The zero-order valence-electron chi connectivity index (χ0n) is 23.9. The molecule has 38 heavy (non-hydrogen) atoms. The second-order valence-electron chi connectivity index (χ2n) is 12.5. The Hall–Kier alpha value is -2.19. The van der Waals surface area contributed by atoms with Crippen LogP contribution >= 0.6 is 0 Å². The van der Waals surface area contributed by atoms with E-state index in [4.69, 9.17) is 4.74 Å². The average Bonchev–Trinajstić information content (AvgIpc) is 3.39. The summed E-state index contributed by atoms with van der Waals surface area (Å²) in [6.45, 7) is 16.1. The van der Waals surface area contributed by atoms with Crippen LogP contribution < -0.4 is 0 Å². The maximum absolute atomic E-state index is 14.7. The van der Waals surface area contributed by atoms with Crippen LogP contribution in [0.25, 0.3) is 0 Å². The highest BCUT2D eigenvalue weighted by atomic mass is 16.5. The Labute approximate surface area is 228 Å². The molecule has 1 aliphatic carbocycles. The Morgan fingerprint density at radius 2 is 1.79 bits per heavy atom. The van der Waals surface area contributed by atoms with Crippen molar-refractivity contribution in [2.24, 2.45) is 23.7 Å². The smallest absolute Gasteiger partial charge is 0.248 e. The topological polar surface area (TPSA) is 90.4 Å².